The highest BCUT2D eigenvalue weighted by atomic mass is 16.1. The van der Waals surface area contributed by atoms with Crippen molar-refractivity contribution in [2.75, 3.05) is 37.6 Å². The maximum absolute atomic E-state index is 12.4. The Morgan fingerprint density at radius 2 is 1.72 bits per heavy atom. The molecular weight excluding hydrogens is 404 g/mol. The van der Waals surface area contributed by atoms with Crippen molar-refractivity contribution >= 4 is 16.7 Å². The third-order valence-corrected chi connectivity index (χ3v) is 5.90. The lowest BCUT2D eigenvalue weighted by Gasteiger charge is -2.35. The molecule has 9 heteroatoms. The van der Waals surface area contributed by atoms with Crippen molar-refractivity contribution in [3.8, 4) is 5.82 Å². The van der Waals surface area contributed by atoms with Gasteiger partial charge in [-0.1, -0.05) is 12.1 Å². The molecule has 0 atom stereocenters. The third-order valence-electron chi connectivity index (χ3n) is 5.90. The zero-order chi connectivity index (χ0) is 22.1. The van der Waals surface area contributed by atoms with E-state index in [0.717, 1.165) is 60.8 Å². The van der Waals surface area contributed by atoms with E-state index >= 15 is 0 Å². The number of aryl methyl sites for hydroxylation is 2. The van der Waals surface area contributed by atoms with Crippen LogP contribution in [0.1, 0.15) is 11.4 Å². The van der Waals surface area contributed by atoms with Crippen molar-refractivity contribution < 1.29 is 0 Å². The molecule has 3 aromatic heterocycles. The molecule has 32 heavy (non-hydrogen) atoms. The Morgan fingerprint density at radius 3 is 2.50 bits per heavy atom. The zero-order valence-electron chi connectivity index (χ0n) is 18.3. The van der Waals surface area contributed by atoms with Crippen LogP contribution in [0.3, 0.4) is 0 Å². The van der Waals surface area contributed by atoms with E-state index in [4.69, 9.17) is 0 Å². The van der Waals surface area contributed by atoms with Crippen molar-refractivity contribution in [3.63, 3.8) is 0 Å². The second kappa shape index (κ2) is 8.51. The molecule has 0 unspecified atom stereocenters. The molecule has 9 nitrogen and oxygen atoms in total. The first-order valence-corrected chi connectivity index (χ1v) is 10.9. The summed E-state index contributed by atoms with van der Waals surface area (Å²) in [6.07, 6.45) is 1.64. The van der Waals surface area contributed by atoms with Gasteiger partial charge in [-0.05, 0) is 38.1 Å². The number of piperazine rings is 1. The molecule has 1 saturated heterocycles. The first-order chi connectivity index (χ1) is 15.6. The van der Waals surface area contributed by atoms with E-state index in [2.05, 4.69) is 36.0 Å². The SMILES string of the molecule is Cc1cc(C)n(-c2ccc(=O)n(CCN3CCN(c4ncnc5ccccc45)CC3)n2)n1. The molecule has 1 aliphatic heterocycles. The molecule has 1 fully saturated rings. The quantitative estimate of drug-likeness (QED) is 0.477. The second-order valence-electron chi connectivity index (χ2n) is 8.13. The largest absolute Gasteiger partial charge is 0.353 e. The van der Waals surface area contributed by atoms with E-state index in [1.807, 2.05) is 38.1 Å². The van der Waals surface area contributed by atoms with Gasteiger partial charge in [0.1, 0.15) is 12.1 Å². The number of anilines is 1. The van der Waals surface area contributed by atoms with Crippen LogP contribution in [-0.4, -0.2) is 67.2 Å². The van der Waals surface area contributed by atoms with E-state index in [1.54, 1.807) is 23.1 Å². The van der Waals surface area contributed by atoms with Gasteiger partial charge in [0.25, 0.3) is 5.56 Å². The van der Waals surface area contributed by atoms with E-state index in [-0.39, 0.29) is 5.56 Å². The Labute approximate surface area is 185 Å². The summed E-state index contributed by atoms with van der Waals surface area (Å²) in [6, 6.07) is 13.4. The predicted molar refractivity (Wildman–Crippen MR) is 123 cm³/mol. The molecule has 1 aliphatic rings. The van der Waals surface area contributed by atoms with E-state index in [0.29, 0.717) is 12.4 Å². The molecule has 0 amide bonds. The molecule has 164 valence electrons. The van der Waals surface area contributed by atoms with E-state index < -0.39 is 0 Å². The highest BCUT2D eigenvalue weighted by Gasteiger charge is 2.20. The number of rotatable bonds is 5. The van der Waals surface area contributed by atoms with Crippen LogP contribution in [0, 0.1) is 13.8 Å². The Balaban J connectivity index is 1.24. The average molecular weight is 431 g/mol. The van der Waals surface area contributed by atoms with Crippen LogP contribution in [0.5, 0.6) is 0 Å². The lowest BCUT2D eigenvalue weighted by Crippen LogP contribution is -2.48. The minimum absolute atomic E-state index is 0.0960. The van der Waals surface area contributed by atoms with E-state index in [9.17, 15) is 4.79 Å². The van der Waals surface area contributed by atoms with Crippen LogP contribution < -0.4 is 10.5 Å². The summed E-state index contributed by atoms with van der Waals surface area (Å²) in [5.74, 6) is 1.65. The van der Waals surface area contributed by atoms with Gasteiger partial charge in [0.2, 0.25) is 0 Å². The first-order valence-electron chi connectivity index (χ1n) is 10.9. The summed E-state index contributed by atoms with van der Waals surface area (Å²) in [4.78, 5) is 25.9. The molecule has 0 aliphatic carbocycles. The van der Waals surface area contributed by atoms with Crippen LogP contribution in [0.2, 0.25) is 0 Å². The summed E-state index contributed by atoms with van der Waals surface area (Å²) in [5.41, 5.74) is 2.79. The normalized spacial score (nSPS) is 14.9. The van der Waals surface area contributed by atoms with Crippen molar-refractivity contribution in [1.82, 2.24) is 34.4 Å². The zero-order valence-corrected chi connectivity index (χ0v) is 18.3. The van der Waals surface area contributed by atoms with Gasteiger partial charge in [-0.3, -0.25) is 9.69 Å². The fraction of sp³-hybridized carbons (Fsp3) is 0.348. The minimum atomic E-state index is -0.0960. The van der Waals surface area contributed by atoms with Crippen LogP contribution in [0.25, 0.3) is 16.7 Å². The van der Waals surface area contributed by atoms with Crippen LogP contribution in [0.15, 0.2) is 53.6 Å². The van der Waals surface area contributed by atoms with Crippen LogP contribution in [-0.2, 0) is 6.54 Å². The first kappa shape index (κ1) is 20.3. The fourth-order valence-corrected chi connectivity index (χ4v) is 4.23. The molecule has 1 aromatic carbocycles. The van der Waals surface area contributed by atoms with Gasteiger partial charge in [-0.2, -0.15) is 5.10 Å². The Hall–Kier alpha value is -3.59. The van der Waals surface area contributed by atoms with Crippen molar-refractivity contribution in [1.29, 1.82) is 0 Å². The maximum atomic E-state index is 12.4. The molecule has 0 radical (unpaired) electrons. The Morgan fingerprint density at radius 1 is 0.906 bits per heavy atom. The number of hydrogen-bond donors (Lipinski definition) is 0. The molecule has 5 rings (SSSR count). The summed E-state index contributed by atoms with van der Waals surface area (Å²) in [7, 11) is 0. The van der Waals surface area contributed by atoms with Crippen molar-refractivity contribution in [3.05, 3.63) is 70.5 Å². The lowest BCUT2D eigenvalue weighted by molar-refractivity contribution is 0.242. The van der Waals surface area contributed by atoms with Crippen molar-refractivity contribution in [2.24, 2.45) is 0 Å². The molecule has 4 aromatic rings. The molecule has 0 N–H and O–H groups in total. The fourth-order valence-electron chi connectivity index (χ4n) is 4.23. The van der Waals surface area contributed by atoms with Gasteiger partial charge in [0, 0.05) is 49.9 Å². The lowest BCUT2D eigenvalue weighted by atomic mass is 10.2. The predicted octanol–water partition coefficient (Wildman–Crippen LogP) is 1.81. The molecule has 4 heterocycles. The van der Waals surface area contributed by atoms with E-state index in [1.165, 1.54) is 4.68 Å². The van der Waals surface area contributed by atoms with Crippen LogP contribution >= 0.6 is 0 Å². The standard InChI is InChI=1S/C23H26N8O/c1-17-15-18(2)31(26-17)21-7-8-22(32)30(27-21)14-11-28-9-12-29(13-10-28)23-19-5-3-4-6-20(19)24-16-25-23/h3-8,15-16H,9-14H2,1-2H3. The number of aromatic nitrogens is 6. The number of benzene rings is 1. The number of fused-ring (bicyclic) bond motifs is 1. The Kier molecular flexibility index (Phi) is 5.40. The highest BCUT2D eigenvalue weighted by molar-refractivity contribution is 5.89. The summed E-state index contributed by atoms with van der Waals surface area (Å²) in [6.45, 7) is 8.83. The summed E-state index contributed by atoms with van der Waals surface area (Å²) in [5, 5.41) is 10.1. The number of hydrogen-bond acceptors (Lipinski definition) is 7. The molecular formula is C23H26N8O. The van der Waals surface area contributed by atoms with Gasteiger partial charge >= 0.3 is 0 Å². The monoisotopic (exact) mass is 430 g/mol. The van der Waals surface area contributed by atoms with Crippen molar-refractivity contribution in [2.45, 2.75) is 20.4 Å². The Bertz CT molecular complexity index is 1300. The third kappa shape index (κ3) is 3.99. The molecule has 0 spiro atoms. The van der Waals surface area contributed by atoms with Gasteiger partial charge in [-0.15, -0.1) is 5.10 Å². The number of nitrogens with zero attached hydrogens (tertiary/aromatic N) is 8. The summed E-state index contributed by atoms with van der Waals surface area (Å²) >= 11 is 0. The van der Waals surface area contributed by atoms with Gasteiger partial charge in [-0.25, -0.2) is 19.3 Å². The highest BCUT2D eigenvalue weighted by Crippen LogP contribution is 2.23. The number of para-hydroxylation sites is 1. The summed E-state index contributed by atoms with van der Waals surface area (Å²) < 4.78 is 3.31. The van der Waals surface area contributed by atoms with Gasteiger partial charge in [0.15, 0.2) is 5.82 Å². The topological polar surface area (TPSA) is 85.0 Å². The smallest absolute Gasteiger partial charge is 0.266 e. The maximum Gasteiger partial charge on any atom is 0.266 e. The van der Waals surface area contributed by atoms with Gasteiger partial charge in [0.05, 0.1) is 17.8 Å². The molecule has 0 bridgehead atoms. The average Bonchev–Trinajstić information content (AvgIpc) is 3.16. The van der Waals surface area contributed by atoms with Gasteiger partial charge < -0.3 is 4.90 Å². The second-order valence-corrected chi connectivity index (χ2v) is 8.13. The molecule has 0 saturated carbocycles. The minimum Gasteiger partial charge on any atom is -0.353 e. The van der Waals surface area contributed by atoms with Crippen LogP contribution in [0.4, 0.5) is 5.82 Å².